The molecule has 1 aliphatic carbocycles. The second kappa shape index (κ2) is 9.25. The number of hydrogen-bond donors (Lipinski definition) is 1. The van der Waals surface area contributed by atoms with Gasteiger partial charge in [0.25, 0.3) is 11.6 Å². The average molecular weight is 479 g/mol. The van der Waals surface area contributed by atoms with Gasteiger partial charge in [-0.05, 0) is 47.0 Å². The summed E-state index contributed by atoms with van der Waals surface area (Å²) >= 11 is 9.16. The third-order valence-electron chi connectivity index (χ3n) is 4.71. The van der Waals surface area contributed by atoms with Crippen molar-refractivity contribution in [3.8, 4) is 17.4 Å². The second-order valence-electron chi connectivity index (χ2n) is 6.73. The van der Waals surface area contributed by atoms with Gasteiger partial charge in [0.1, 0.15) is 27.6 Å². The molecular formula is C20H17BrClN3O4. The Morgan fingerprint density at radius 2 is 2.07 bits per heavy atom. The first-order valence-electron chi connectivity index (χ1n) is 9.05. The Kier molecular flexibility index (Phi) is 6.72. The number of nitrogens with zero attached hydrogens (tertiary/aromatic N) is 2. The van der Waals surface area contributed by atoms with Gasteiger partial charge in [-0.3, -0.25) is 14.9 Å². The van der Waals surface area contributed by atoms with Gasteiger partial charge in [-0.25, -0.2) is 0 Å². The standard InChI is InChI=1S/C20H17BrClN3O4/c21-19-16(22)9-12(10-17(19)25(27)28)18-7-6-15(29-18)8-13(11-23)20(26)24-14-4-2-1-3-5-14/h6-10,14H,1-5H2,(H,24,26)/b13-8+. The third-order valence-corrected chi connectivity index (χ3v) is 6.07. The van der Waals surface area contributed by atoms with Crippen LogP contribution in [-0.4, -0.2) is 16.9 Å². The van der Waals surface area contributed by atoms with Crippen LogP contribution in [0.3, 0.4) is 0 Å². The van der Waals surface area contributed by atoms with Gasteiger partial charge in [-0.1, -0.05) is 30.9 Å². The van der Waals surface area contributed by atoms with Crippen LogP contribution >= 0.6 is 27.5 Å². The molecule has 0 aliphatic heterocycles. The van der Waals surface area contributed by atoms with Crippen molar-refractivity contribution < 1.29 is 14.1 Å². The number of nitro benzene ring substituents is 1. The molecule has 29 heavy (non-hydrogen) atoms. The van der Waals surface area contributed by atoms with Crippen LogP contribution in [0.15, 0.2) is 38.7 Å². The van der Waals surface area contributed by atoms with Gasteiger partial charge in [0.15, 0.2) is 0 Å². The highest BCUT2D eigenvalue weighted by Crippen LogP contribution is 2.37. The zero-order chi connectivity index (χ0) is 21.0. The molecule has 0 unspecified atom stereocenters. The molecule has 0 radical (unpaired) electrons. The lowest BCUT2D eigenvalue weighted by atomic mass is 9.95. The molecule has 0 spiro atoms. The van der Waals surface area contributed by atoms with E-state index in [9.17, 15) is 20.2 Å². The minimum Gasteiger partial charge on any atom is -0.457 e. The number of nitro groups is 1. The van der Waals surface area contributed by atoms with Gasteiger partial charge in [0.2, 0.25) is 0 Å². The van der Waals surface area contributed by atoms with E-state index in [1.807, 2.05) is 6.07 Å². The molecule has 1 saturated carbocycles. The van der Waals surface area contributed by atoms with E-state index in [0.29, 0.717) is 11.3 Å². The number of hydrogen-bond acceptors (Lipinski definition) is 5. The van der Waals surface area contributed by atoms with E-state index in [4.69, 9.17) is 16.0 Å². The van der Waals surface area contributed by atoms with E-state index in [2.05, 4.69) is 21.2 Å². The van der Waals surface area contributed by atoms with Crippen molar-refractivity contribution in [1.82, 2.24) is 5.32 Å². The smallest absolute Gasteiger partial charge is 0.285 e. The third kappa shape index (κ3) is 5.05. The number of halogens is 2. The molecule has 7 nitrogen and oxygen atoms in total. The molecule has 1 N–H and O–H groups in total. The highest BCUT2D eigenvalue weighted by atomic mass is 79.9. The first kappa shape index (κ1) is 21.1. The molecule has 1 fully saturated rings. The summed E-state index contributed by atoms with van der Waals surface area (Å²) in [6.07, 6.45) is 6.49. The van der Waals surface area contributed by atoms with Crippen molar-refractivity contribution in [3.63, 3.8) is 0 Å². The molecule has 2 aromatic rings. The summed E-state index contributed by atoms with van der Waals surface area (Å²) in [5.74, 6) is 0.190. The highest BCUT2D eigenvalue weighted by Gasteiger charge is 2.20. The minimum atomic E-state index is -0.549. The maximum atomic E-state index is 12.4. The van der Waals surface area contributed by atoms with Crippen LogP contribution in [0.5, 0.6) is 0 Å². The lowest BCUT2D eigenvalue weighted by Gasteiger charge is -2.22. The van der Waals surface area contributed by atoms with Crippen molar-refractivity contribution >= 4 is 45.2 Å². The molecule has 1 heterocycles. The van der Waals surface area contributed by atoms with Gasteiger partial charge < -0.3 is 9.73 Å². The van der Waals surface area contributed by atoms with E-state index in [0.717, 1.165) is 25.7 Å². The van der Waals surface area contributed by atoms with Crippen LogP contribution in [0.2, 0.25) is 5.02 Å². The number of carbonyl (C=O) groups excluding carboxylic acids is 1. The number of amides is 1. The average Bonchev–Trinajstić information content (AvgIpc) is 3.17. The maximum Gasteiger partial charge on any atom is 0.285 e. The summed E-state index contributed by atoms with van der Waals surface area (Å²) < 4.78 is 5.85. The monoisotopic (exact) mass is 477 g/mol. The molecule has 0 atom stereocenters. The normalized spacial score (nSPS) is 15.0. The van der Waals surface area contributed by atoms with Crippen molar-refractivity contribution in [2.75, 3.05) is 0 Å². The second-order valence-corrected chi connectivity index (χ2v) is 7.93. The SMILES string of the molecule is N#C/C(=C\c1ccc(-c2cc(Cl)c(Br)c([N+](=O)[O-])c2)o1)C(=O)NC1CCCCC1. The first-order valence-corrected chi connectivity index (χ1v) is 10.2. The molecule has 0 saturated heterocycles. The van der Waals surface area contributed by atoms with Crippen LogP contribution in [0.25, 0.3) is 17.4 Å². The fourth-order valence-electron chi connectivity index (χ4n) is 3.24. The number of nitriles is 1. The minimum absolute atomic E-state index is 0.0590. The van der Waals surface area contributed by atoms with Crippen LogP contribution in [0.1, 0.15) is 37.9 Å². The largest absolute Gasteiger partial charge is 0.457 e. The van der Waals surface area contributed by atoms with Gasteiger partial charge in [0, 0.05) is 23.7 Å². The van der Waals surface area contributed by atoms with Crippen molar-refractivity contribution in [2.24, 2.45) is 0 Å². The summed E-state index contributed by atoms with van der Waals surface area (Å²) in [6.45, 7) is 0. The number of rotatable bonds is 5. The number of furan rings is 1. The Morgan fingerprint density at radius 1 is 1.34 bits per heavy atom. The zero-order valence-corrected chi connectivity index (χ0v) is 17.6. The van der Waals surface area contributed by atoms with E-state index in [-0.39, 0.29) is 32.6 Å². The zero-order valence-electron chi connectivity index (χ0n) is 15.3. The summed E-state index contributed by atoms with van der Waals surface area (Å²) in [4.78, 5) is 23.0. The van der Waals surface area contributed by atoms with E-state index in [1.54, 1.807) is 12.1 Å². The van der Waals surface area contributed by atoms with Gasteiger partial charge in [-0.2, -0.15) is 5.26 Å². The van der Waals surface area contributed by atoms with Gasteiger partial charge >= 0.3 is 0 Å². The quantitative estimate of drug-likeness (QED) is 0.259. The number of nitrogens with one attached hydrogen (secondary N) is 1. The fourth-order valence-corrected chi connectivity index (χ4v) is 3.82. The van der Waals surface area contributed by atoms with Gasteiger partial charge in [0.05, 0.1) is 9.95 Å². The molecule has 3 rings (SSSR count). The molecule has 9 heteroatoms. The van der Waals surface area contributed by atoms with Crippen molar-refractivity contribution in [1.29, 1.82) is 5.26 Å². The lowest BCUT2D eigenvalue weighted by Crippen LogP contribution is -2.36. The molecule has 1 aromatic heterocycles. The topological polar surface area (TPSA) is 109 Å². The van der Waals surface area contributed by atoms with Crippen LogP contribution in [0.4, 0.5) is 5.69 Å². The predicted molar refractivity (Wildman–Crippen MR) is 112 cm³/mol. The number of benzene rings is 1. The highest BCUT2D eigenvalue weighted by molar-refractivity contribution is 9.10. The molecule has 1 aromatic carbocycles. The van der Waals surface area contributed by atoms with E-state index >= 15 is 0 Å². The molecule has 1 amide bonds. The molecular weight excluding hydrogens is 462 g/mol. The number of carbonyl (C=O) groups is 1. The maximum absolute atomic E-state index is 12.4. The first-order chi connectivity index (χ1) is 13.9. The van der Waals surface area contributed by atoms with Crippen molar-refractivity contribution in [2.45, 2.75) is 38.1 Å². The summed E-state index contributed by atoms with van der Waals surface area (Å²) in [5.41, 5.74) is 0.163. The fraction of sp³-hybridized carbons (Fsp3) is 0.300. The van der Waals surface area contributed by atoms with Crippen molar-refractivity contribution in [3.05, 3.63) is 55.2 Å². The molecule has 0 bridgehead atoms. The Hall–Kier alpha value is -2.63. The van der Waals surface area contributed by atoms with E-state index < -0.39 is 10.8 Å². The lowest BCUT2D eigenvalue weighted by molar-refractivity contribution is -0.385. The summed E-state index contributed by atoms with van der Waals surface area (Å²) in [7, 11) is 0. The summed E-state index contributed by atoms with van der Waals surface area (Å²) in [6, 6.07) is 8.05. The Labute approximate surface area is 180 Å². The van der Waals surface area contributed by atoms with Crippen LogP contribution in [-0.2, 0) is 4.79 Å². The van der Waals surface area contributed by atoms with E-state index in [1.165, 1.54) is 24.6 Å². The van der Waals surface area contributed by atoms with Crippen LogP contribution < -0.4 is 5.32 Å². The molecule has 150 valence electrons. The Morgan fingerprint density at radius 3 is 2.72 bits per heavy atom. The summed E-state index contributed by atoms with van der Waals surface area (Å²) in [5, 5.41) is 23.6. The molecule has 1 aliphatic rings. The predicted octanol–water partition coefficient (Wildman–Crippen LogP) is 5.63. The van der Waals surface area contributed by atoms with Crippen LogP contribution in [0, 0.1) is 21.4 Å². The Bertz CT molecular complexity index is 1020. The van der Waals surface area contributed by atoms with Gasteiger partial charge in [-0.15, -0.1) is 0 Å². The Balaban J connectivity index is 1.82.